The van der Waals surface area contributed by atoms with Gasteiger partial charge in [0.1, 0.15) is 5.82 Å². The van der Waals surface area contributed by atoms with Crippen molar-refractivity contribution in [3.63, 3.8) is 0 Å². The van der Waals surface area contributed by atoms with Crippen molar-refractivity contribution in [3.8, 4) is 0 Å². The van der Waals surface area contributed by atoms with Crippen LogP contribution in [0.2, 0.25) is 0 Å². The summed E-state index contributed by atoms with van der Waals surface area (Å²) in [6, 6.07) is 8.56. The number of fused-ring (bicyclic) bond motifs is 1. The van der Waals surface area contributed by atoms with E-state index in [1.54, 1.807) is 30.7 Å². The van der Waals surface area contributed by atoms with Gasteiger partial charge in [-0.2, -0.15) is 0 Å². The molecule has 2 aromatic heterocycles. The number of nitrogens with one attached hydrogen (secondary N) is 2. The van der Waals surface area contributed by atoms with E-state index >= 15 is 0 Å². The Bertz CT molecular complexity index is 768. The van der Waals surface area contributed by atoms with Crippen molar-refractivity contribution in [1.29, 1.82) is 0 Å². The van der Waals surface area contributed by atoms with Crippen molar-refractivity contribution in [2.45, 2.75) is 13.0 Å². The van der Waals surface area contributed by atoms with Crippen molar-refractivity contribution in [2.24, 2.45) is 0 Å². The molecule has 106 valence electrons. The Kier molecular flexibility index (Phi) is 3.64. The van der Waals surface area contributed by atoms with E-state index in [2.05, 4.69) is 15.3 Å². The average molecular weight is 283 g/mol. The lowest BCUT2D eigenvalue weighted by Gasteiger charge is -2.04. The minimum absolute atomic E-state index is 0.107. The first-order valence-electron chi connectivity index (χ1n) is 6.64. The summed E-state index contributed by atoms with van der Waals surface area (Å²) in [4.78, 5) is 18.8. The molecule has 0 bridgehead atoms. The molecule has 0 aliphatic rings. The van der Waals surface area contributed by atoms with Gasteiger partial charge in [0.05, 0.1) is 11.9 Å². The molecule has 1 aromatic carbocycles. The van der Waals surface area contributed by atoms with Gasteiger partial charge in [-0.25, -0.2) is 4.39 Å². The molecule has 3 aromatic rings. The lowest BCUT2D eigenvalue weighted by molar-refractivity contribution is -0.120. The average Bonchev–Trinajstić information content (AvgIpc) is 2.91. The van der Waals surface area contributed by atoms with E-state index in [0.29, 0.717) is 12.1 Å². The number of pyridine rings is 1. The molecule has 0 spiro atoms. The topological polar surface area (TPSA) is 57.8 Å². The number of aromatic amines is 1. The number of nitrogens with zero attached hydrogens (tertiary/aromatic N) is 1. The van der Waals surface area contributed by atoms with E-state index < -0.39 is 0 Å². The van der Waals surface area contributed by atoms with Crippen LogP contribution in [0.15, 0.2) is 48.9 Å². The summed E-state index contributed by atoms with van der Waals surface area (Å²) in [6.07, 6.45) is 5.29. The molecule has 0 aliphatic carbocycles. The van der Waals surface area contributed by atoms with Crippen LogP contribution in [0.1, 0.15) is 11.1 Å². The summed E-state index contributed by atoms with van der Waals surface area (Å²) in [5.41, 5.74) is 2.16. The molecule has 0 saturated heterocycles. The molecular weight excluding hydrogens is 269 g/mol. The molecule has 4 nitrogen and oxygen atoms in total. The number of benzene rings is 1. The van der Waals surface area contributed by atoms with Crippen molar-refractivity contribution in [3.05, 3.63) is 65.9 Å². The highest BCUT2D eigenvalue weighted by atomic mass is 19.1. The fraction of sp³-hybridized carbons (Fsp3) is 0.125. The summed E-state index contributed by atoms with van der Waals surface area (Å²) in [5.74, 6) is -0.418. The minimum atomic E-state index is -0.311. The maximum Gasteiger partial charge on any atom is 0.224 e. The Morgan fingerprint density at radius 3 is 3.00 bits per heavy atom. The predicted molar refractivity (Wildman–Crippen MR) is 78.0 cm³/mol. The minimum Gasteiger partial charge on any atom is -0.359 e. The van der Waals surface area contributed by atoms with Gasteiger partial charge in [0.2, 0.25) is 5.91 Å². The third-order valence-corrected chi connectivity index (χ3v) is 3.31. The zero-order chi connectivity index (χ0) is 14.7. The second-order valence-corrected chi connectivity index (χ2v) is 4.79. The number of rotatable bonds is 4. The Hall–Kier alpha value is -2.69. The number of hydrogen-bond donors (Lipinski definition) is 2. The molecular formula is C16H14FN3O. The molecule has 1 amide bonds. The van der Waals surface area contributed by atoms with Crippen molar-refractivity contribution in [2.75, 3.05) is 0 Å². The number of hydrogen-bond acceptors (Lipinski definition) is 2. The maximum atomic E-state index is 13.6. The quantitative estimate of drug-likeness (QED) is 0.773. The summed E-state index contributed by atoms with van der Waals surface area (Å²) < 4.78 is 13.6. The number of carbonyl (C=O) groups is 1. The molecule has 2 N–H and O–H groups in total. The SMILES string of the molecule is O=C(Cc1c[nH]c2c(F)cccc12)NCc1cccnc1. The Balaban J connectivity index is 1.68. The molecule has 5 heteroatoms. The molecule has 0 fully saturated rings. The number of amides is 1. The lowest BCUT2D eigenvalue weighted by atomic mass is 10.1. The molecule has 0 aliphatic heterocycles. The van der Waals surface area contributed by atoms with E-state index in [4.69, 9.17) is 0 Å². The van der Waals surface area contributed by atoms with E-state index in [0.717, 1.165) is 16.5 Å². The summed E-state index contributed by atoms with van der Waals surface area (Å²) in [6.45, 7) is 0.434. The van der Waals surface area contributed by atoms with Gasteiger partial charge in [-0.15, -0.1) is 0 Å². The summed E-state index contributed by atoms with van der Waals surface area (Å²) >= 11 is 0. The van der Waals surface area contributed by atoms with Gasteiger partial charge in [0.15, 0.2) is 0 Å². The highest BCUT2D eigenvalue weighted by Gasteiger charge is 2.10. The van der Waals surface area contributed by atoms with E-state index in [1.807, 2.05) is 12.1 Å². The highest BCUT2D eigenvalue weighted by Crippen LogP contribution is 2.21. The molecule has 0 unspecified atom stereocenters. The largest absolute Gasteiger partial charge is 0.359 e. The Labute approximate surface area is 121 Å². The second-order valence-electron chi connectivity index (χ2n) is 4.79. The van der Waals surface area contributed by atoms with E-state index in [1.165, 1.54) is 6.07 Å². The highest BCUT2D eigenvalue weighted by molar-refractivity contribution is 5.89. The van der Waals surface area contributed by atoms with Crippen LogP contribution < -0.4 is 5.32 Å². The molecule has 3 rings (SSSR count). The van der Waals surface area contributed by atoms with Gasteiger partial charge >= 0.3 is 0 Å². The van der Waals surface area contributed by atoms with Gasteiger partial charge in [-0.3, -0.25) is 9.78 Å². The standard InChI is InChI=1S/C16H14FN3O/c17-14-5-1-4-13-12(10-20-16(13)14)7-15(21)19-9-11-3-2-6-18-8-11/h1-6,8,10,20H,7,9H2,(H,19,21). The van der Waals surface area contributed by atoms with Crippen molar-refractivity contribution < 1.29 is 9.18 Å². The number of carbonyl (C=O) groups excluding carboxylic acids is 1. The monoisotopic (exact) mass is 283 g/mol. The molecule has 2 heterocycles. The first kappa shape index (κ1) is 13.3. The molecule has 0 saturated carbocycles. The number of para-hydroxylation sites is 1. The van der Waals surface area contributed by atoms with Crippen LogP contribution in [0.5, 0.6) is 0 Å². The maximum absolute atomic E-state index is 13.6. The van der Waals surface area contributed by atoms with E-state index in [9.17, 15) is 9.18 Å². The van der Waals surface area contributed by atoms with Crippen LogP contribution in [-0.4, -0.2) is 15.9 Å². The van der Waals surface area contributed by atoms with Gasteiger partial charge < -0.3 is 10.3 Å². The van der Waals surface area contributed by atoms with Gasteiger partial charge in [0, 0.05) is 30.5 Å². The van der Waals surface area contributed by atoms with Gasteiger partial charge in [-0.05, 0) is 23.3 Å². The lowest BCUT2D eigenvalue weighted by Crippen LogP contribution is -2.24. The first-order chi connectivity index (χ1) is 10.2. The Morgan fingerprint density at radius 2 is 2.19 bits per heavy atom. The number of aromatic nitrogens is 2. The zero-order valence-electron chi connectivity index (χ0n) is 11.3. The zero-order valence-corrected chi connectivity index (χ0v) is 11.3. The number of H-pyrrole nitrogens is 1. The van der Waals surface area contributed by atoms with Gasteiger partial charge in [0.25, 0.3) is 0 Å². The van der Waals surface area contributed by atoms with Crippen LogP contribution in [0, 0.1) is 5.82 Å². The molecule has 21 heavy (non-hydrogen) atoms. The van der Waals surface area contributed by atoms with Crippen LogP contribution in [-0.2, 0) is 17.8 Å². The molecule has 0 atom stereocenters. The fourth-order valence-electron chi connectivity index (χ4n) is 2.26. The van der Waals surface area contributed by atoms with Crippen LogP contribution in [0.25, 0.3) is 10.9 Å². The third-order valence-electron chi connectivity index (χ3n) is 3.31. The first-order valence-corrected chi connectivity index (χ1v) is 6.64. The normalized spacial score (nSPS) is 10.7. The summed E-state index contributed by atoms with van der Waals surface area (Å²) in [7, 11) is 0. The van der Waals surface area contributed by atoms with Crippen LogP contribution in [0.4, 0.5) is 4.39 Å². The predicted octanol–water partition coefficient (Wildman–Crippen LogP) is 2.56. The van der Waals surface area contributed by atoms with Gasteiger partial charge in [-0.1, -0.05) is 18.2 Å². The molecule has 0 radical (unpaired) electrons. The van der Waals surface area contributed by atoms with Crippen molar-refractivity contribution in [1.82, 2.24) is 15.3 Å². The third kappa shape index (κ3) is 2.91. The Morgan fingerprint density at radius 1 is 1.29 bits per heavy atom. The second kappa shape index (κ2) is 5.75. The number of halogens is 1. The van der Waals surface area contributed by atoms with Crippen LogP contribution >= 0.6 is 0 Å². The van der Waals surface area contributed by atoms with Crippen molar-refractivity contribution >= 4 is 16.8 Å². The fourth-order valence-corrected chi connectivity index (χ4v) is 2.26. The van der Waals surface area contributed by atoms with E-state index in [-0.39, 0.29) is 18.1 Å². The smallest absolute Gasteiger partial charge is 0.224 e. The summed E-state index contributed by atoms with van der Waals surface area (Å²) in [5, 5.41) is 3.57. The van der Waals surface area contributed by atoms with Crippen LogP contribution in [0.3, 0.4) is 0 Å².